The predicted octanol–water partition coefficient (Wildman–Crippen LogP) is 4.42. The van der Waals surface area contributed by atoms with Crippen molar-refractivity contribution in [3.05, 3.63) is 49.6 Å². The van der Waals surface area contributed by atoms with E-state index in [1.54, 1.807) is 11.3 Å². The van der Waals surface area contributed by atoms with Gasteiger partial charge in [0.15, 0.2) is 0 Å². The van der Waals surface area contributed by atoms with Crippen LogP contribution < -0.4 is 5.32 Å². The molecule has 4 rings (SSSR count). The molecular weight excluding hydrogens is 366 g/mol. The zero-order valence-corrected chi connectivity index (χ0v) is 16.8. The summed E-state index contributed by atoms with van der Waals surface area (Å²) < 4.78 is 0. The molecule has 1 aliphatic carbocycles. The van der Waals surface area contributed by atoms with Gasteiger partial charge in [-0.25, -0.2) is 4.98 Å². The van der Waals surface area contributed by atoms with Gasteiger partial charge in [-0.3, -0.25) is 4.79 Å². The number of aromatic nitrogens is 2. The number of hydrogen-bond donors (Lipinski definition) is 2. The van der Waals surface area contributed by atoms with Crippen molar-refractivity contribution >= 4 is 39.7 Å². The van der Waals surface area contributed by atoms with Crippen LogP contribution in [0, 0.1) is 20.8 Å². The van der Waals surface area contributed by atoms with Crippen LogP contribution in [0.15, 0.2) is 12.1 Å². The summed E-state index contributed by atoms with van der Waals surface area (Å²) in [6.07, 6.45) is 3.10. The molecule has 1 aromatic carbocycles. The smallest absolute Gasteiger partial charge is 0.226 e. The van der Waals surface area contributed by atoms with Crippen LogP contribution in [0.1, 0.15) is 38.8 Å². The number of rotatable bonds is 3. The maximum Gasteiger partial charge on any atom is 0.226 e. The fraction of sp³-hybridized carbons (Fsp3) is 0.400. The molecule has 136 valence electrons. The monoisotopic (exact) mass is 387 g/mol. The SMILES string of the molecule is Cc1nc(CC(=O)NC2CCc3[nH]c4c(C)cc(Cl)cc4c3C2)c(C)s1. The lowest BCUT2D eigenvalue weighted by Gasteiger charge is -2.23. The molecule has 2 aromatic heterocycles. The van der Waals surface area contributed by atoms with Gasteiger partial charge in [-0.15, -0.1) is 11.3 Å². The van der Waals surface area contributed by atoms with E-state index in [4.69, 9.17) is 11.6 Å². The highest BCUT2D eigenvalue weighted by Crippen LogP contribution is 2.33. The molecule has 1 atom stereocenters. The second kappa shape index (κ2) is 6.71. The second-order valence-corrected chi connectivity index (χ2v) is 8.99. The fourth-order valence-corrected chi connectivity index (χ4v) is 5.05. The van der Waals surface area contributed by atoms with Crippen molar-refractivity contribution in [3.63, 3.8) is 0 Å². The molecular formula is C20H22ClN3OS. The average molecular weight is 388 g/mol. The Kier molecular flexibility index (Phi) is 4.53. The van der Waals surface area contributed by atoms with Gasteiger partial charge in [0.25, 0.3) is 0 Å². The highest BCUT2D eigenvalue weighted by atomic mass is 35.5. The quantitative estimate of drug-likeness (QED) is 0.698. The Bertz CT molecular complexity index is 1000. The standard InChI is InChI=1S/C20H22ClN3OS/c1-10-6-13(21)7-16-15-8-14(4-5-17(15)24-20(10)16)23-19(25)9-18-11(2)26-12(3)22-18/h6-7,14,24H,4-5,8-9H2,1-3H3,(H,23,25). The summed E-state index contributed by atoms with van der Waals surface area (Å²) in [7, 11) is 0. The maximum atomic E-state index is 12.5. The molecule has 0 radical (unpaired) electrons. The van der Waals surface area contributed by atoms with E-state index in [2.05, 4.69) is 22.2 Å². The zero-order chi connectivity index (χ0) is 18.4. The molecule has 0 spiro atoms. The van der Waals surface area contributed by atoms with Gasteiger partial charge in [0.05, 0.1) is 17.1 Å². The normalized spacial score (nSPS) is 16.7. The number of nitrogens with one attached hydrogen (secondary N) is 2. The summed E-state index contributed by atoms with van der Waals surface area (Å²) in [5.74, 6) is 0.0564. The van der Waals surface area contributed by atoms with E-state index in [1.165, 1.54) is 22.2 Å². The summed E-state index contributed by atoms with van der Waals surface area (Å²) in [4.78, 5) is 21.6. The molecule has 1 unspecified atom stereocenters. The van der Waals surface area contributed by atoms with Gasteiger partial charge >= 0.3 is 0 Å². The van der Waals surface area contributed by atoms with E-state index in [9.17, 15) is 4.79 Å². The largest absolute Gasteiger partial charge is 0.358 e. The van der Waals surface area contributed by atoms with Gasteiger partial charge in [0.2, 0.25) is 5.91 Å². The number of nitrogens with zero attached hydrogens (tertiary/aromatic N) is 1. The minimum Gasteiger partial charge on any atom is -0.358 e. The van der Waals surface area contributed by atoms with Crippen LogP contribution >= 0.6 is 22.9 Å². The zero-order valence-electron chi connectivity index (χ0n) is 15.2. The third kappa shape index (κ3) is 3.26. The number of benzene rings is 1. The van der Waals surface area contributed by atoms with E-state index in [0.29, 0.717) is 6.42 Å². The highest BCUT2D eigenvalue weighted by Gasteiger charge is 2.24. The summed E-state index contributed by atoms with van der Waals surface area (Å²) in [5.41, 5.74) is 5.80. The molecule has 0 aliphatic heterocycles. The van der Waals surface area contributed by atoms with Gasteiger partial charge in [0, 0.05) is 32.5 Å². The minimum absolute atomic E-state index is 0.0564. The number of H-pyrrole nitrogens is 1. The molecule has 3 aromatic rings. The summed E-state index contributed by atoms with van der Waals surface area (Å²) >= 11 is 7.91. The molecule has 6 heteroatoms. The van der Waals surface area contributed by atoms with E-state index in [1.807, 2.05) is 26.0 Å². The lowest BCUT2D eigenvalue weighted by molar-refractivity contribution is -0.121. The Balaban J connectivity index is 1.51. The van der Waals surface area contributed by atoms with Gasteiger partial charge in [0.1, 0.15) is 0 Å². The fourth-order valence-electron chi connectivity index (χ4n) is 3.94. The van der Waals surface area contributed by atoms with Crippen LogP contribution in [0.3, 0.4) is 0 Å². The Morgan fingerprint density at radius 1 is 1.38 bits per heavy atom. The van der Waals surface area contributed by atoms with Crippen molar-refractivity contribution in [2.45, 2.75) is 52.5 Å². The topological polar surface area (TPSA) is 57.8 Å². The number of hydrogen-bond acceptors (Lipinski definition) is 3. The van der Waals surface area contributed by atoms with Gasteiger partial charge in [-0.05, 0) is 63.3 Å². The molecule has 26 heavy (non-hydrogen) atoms. The molecule has 2 heterocycles. The third-order valence-electron chi connectivity index (χ3n) is 5.15. The number of halogens is 1. The molecule has 4 nitrogen and oxygen atoms in total. The second-order valence-electron chi connectivity index (χ2n) is 7.15. The first-order valence-electron chi connectivity index (χ1n) is 8.92. The first-order valence-corrected chi connectivity index (χ1v) is 10.1. The van der Waals surface area contributed by atoms with Crippen molar-refractivity contribution in [2.24, 2.45) is 0 Å². The lowest BCUT2D eigenvalue weighted by atomic mass is 9.91. The van der Waals surface area contributed by atoms with E-state index in [-0.39, 0.29) is 11.9 Å². The third-order valence-corrected chi connectivity index (χ3v) is 6.30. The number of carbonyl (C=O) groups is 1. The Labute approximate surface area is 162 Å². The van der Waals surface area contributed by atoms with Crippen molar-refractivity contribution in [1.29, 1.82) is 0 Å². The first-order chi connectivity index (χ1) is 12.4. The van der Waals surface area contributed by atoms with Gasteiger partial charge in [-0.2, -0.15) is 0 Å². The number of carbonyl (C=O) groups excluding carboxylic acids is 1. The van der Waals surface area contributed by atoms with Gasteiger partial charge in [-0.1, -0.05) is 11.6 Å². The Hall–Kier alpha value is -1.85. The summed E-state index contributed by atoms with van der Waals surface area (Å²) in [5, 5.41) is 6.17. The van der Waals surface area contributed by atoms with Crippen LogP contribution in [0.4, 0.5) is 0 Å². The van der Waals surface area contributed by atoms with Crippen molar-refractivity contribution < 1.29 is 4.79 Å². The maximum absolute atomic E-state index is 12.5. The van der Waals surface area contributed by atoms with Crippen LogP contribution in [0.25, 0.3) is 10.9 Å². The van der Waals surface area contributed by atoms with Crippen LogP contribution in [-0.2, 0) is 24.1 Å². The van der Waals surface area contributed by atoms with Crippen LogP contribution in [-0.4, -0.2) is 21.9 Å². The molecule has 2 N–H and O–H groups in total. The van der Waals surface area contributed by atoms with Gasteiger partial charge < -0.3 is 10.3 Å². The summed E-state index contributed by atoms with van der Waals surface area (Å²) in [6.45, 7) is 6.08. The Morgan fingerprint density at radius 3 is 2.92 bits per heavy atom. The minimum atomic E-state index is 0.0564. The van der Waals surface area contributed by atoms with E-state index >= 15 is 0 Å². The molecule has 0 saturated carbocycles. The van der Waals surface area contributed by atoms with Crippen molar-refractivity contribution in [1.82, 2.24) is 15.3 Å². The predicted molar refractivity (Wildman–Crippen MR) is 107 cm³/mol. The van der Waals surface area contributed by atoms with Crippen LogP contribution in [0.2, 0.25) is 5.02 Å². The number of aromatic amines is 1. The molecule has 0 fully saturated rings. The van der Waals surface area contributed by atoms with E-state index < -0.39 is 0 Å². The van der Waals surface area contributed by atoms with Crippen molar-refractivity contribution in [3.8, 4) is 0 Å². The number of fused-ring (bicyclic) bond motifs is 3. The average Bonchev–Trinajstić information content (AvgIpc) is 3.07. The van der Waals surface area contributed by atoms with E-state index in [0.717, 1.165) is 45.4 Å². The van der Waals surface area contributed by atoms with Crippen molar-refractivity contribution in [2.75, 3.05) is 0 Å². The molecule has 0 saturated heterocycles. The molecule has 1 aliphatic rings. The number of aryl methyl sites for hydroxylation is 4. The highest BCUT2D eigenvalue weighted by molar-refractivity contribution is 7.11. The van der Waals surface area contributed by atoms with Crippen LogP contribution in [0.5, 0.6) is 0 Å². The molecule has 0 bridgehead atoms. The number of amides is 1. The molecule has 1 amide bonds. The summed E-state index contributed by atoms with van der Waals surface area (Å²) in [6, 6.07) is 4.18. The first kappa shape index (κ1) is 17.6. The Morgan fingerprint density at radius 2 is 2.19 bits per heavy atom. The lowest BCUT2D eigenvalue weighted by Crippen LogP contribution is -2.39. The number of thiazole rings is 1.